The van der Waals surface area contributed by atoms with Crippen molar-refractivity contribution in [2.45, 2.75) is 6.92 Å². The summed E-state index contributed by atoms with van der Waals surface area (Å²) in [6.07, 6.45) is 1.47. The van der Waals surface area contributed by atoms with E-state index in [0.29, 0.717) is 11.2 Å². The Morgan fingerprint density at radius 1 is 1.29 bits per heavy atom. The normalized spacial score (nSPS) is 11.7. The number of para-hydroxylation sites is 1. The van der Waals surface area contributed by atoms with Crippen LogP contribution in [0.4, 0.5) is 0 Å². The average Bonchev–Trinajstić information content (AvgIpc) is 2.30. The predicted molar refractivity (Wildman–Crippen MR) is 64.7 cm³/mol. The Balaban J connectivity index is 2.55. The highest BCUT2D eigenvalue weighted by atomic mass is 16.4. The zero-order valence-electron chi connectivity index (χ0n) is 9.21. The lowest BCUT2D eigenvalue weighted by Crippen LogP contribution is -1.96. The van der Waals surface area contributed by atoms with Crippen LogP contribution in [0.25, 0.3) is 17.0 Å². The van der Waals surface area contributed by atoms with Gasteiger partial charge < -0.3 is 10.2 Å². The molecule has 2 aromatic rings. The van der Waals surface area contributed by atoms with Gasteiger partial charge in [0.25, 0.3) is 0 Å². The van der Waals surface area contributed by atoms with Crippen molar-refractivity contribution in [2.24, 2.45) is 0 Å². The monoisotopic (exact) mass is 229 g/mol. The molecule has 0 saturated carbocycles. The van der Waals surface area contributed by atoms with Crippen LogP contribution in [0, 0.1) is 0 Å². The number of aromatic hydroxyl groups is 1. The Morgan fingerprint density at radius 3 is 2.76 bits per heavy atom. The molecule has 1 heterocycles. The minimum atomic E-state index is -0.982. The van der Waals surface area contributed by atoms with Gasteiger partial charge in [0, 0.05) is 11.0 Å². The Hall–Kier alpha value is -2.36. The highest BCUT2D eigenvalue weighted by molar-refractivity contribution is 5.92. The lowest BCUT2D eigenvalue weighted by Gasteiger charge is -2.01. The number of aromatic nitrogens is 1. The number of nitrogens with zero attached hydrogens (tertiary/aromatic N) is 1. The Bertz CT molecular complexity index is 617. The molecular formula is C13H11NO3. The van der Waals surface area contributed by atoms with Crippen LogP contribution in [0.5, 0.6) is 5.75 Å². The minimum absolute atomic E-state index is 0.0886. The average molecular weight is 229 g/mol. The molecule has 0 radical (unpaired) electrons. The molecule has 0 saturated heterocycles. The number of aliphatic carboxylic acids is 1. The third kappa shape index (κ3) is 2.25. The molecular weight excluding hydrogens is 218 g/mol. The first kappa shape index (κ1) is 11.1. The molecule has 0 fully saturated rings. The van der Waals surface area contributed by atoms with Crippen LogP contribution in [0.2, 0.25) is 0 Å². The summed E-state index contributed by atoms with van der Waals surface area (Å²) in [6.45, 7) is 1.50. The minimum Gasteiger partial charge on any atom is -0.506 e. The second-order valence-electron chi connectivity index (χ2n) is 3.72. The number of fused-ring (bicyclic) bond motifs is 1. The van der Waals surface area contributed by atoms with Gasteiger partial charge in [-0.25, -0.2) is 9.78 Å². The van der Waals surface area contributed by atoms with Crippen molar-refractivity contribution in [2.75, 3.05) is 0 Å². The quantitative estimate of drug-likeness (QED) is 0.776. The number of carboxylic acids is 1. The third-order valence-electron chi connectivity index (χ3n) is 2.42. The standard InChI is InChI=1S/C13H11NO3/c1-8(13(16)17)7-10-6-5-9-3-2-4-11(15)12(9)14-10/h2-7,15H,1H3,(H,16,17)/b8-7+. The molecule has 0 aliphatic carbocycles. The van der Waals surface area contributed by atoms with E-state index in [9.17, 15) is 9.90 Å². The van der Waals surface area contributed by atoms with Crippen LogP contribution < -0.4 is 0 Å². The van der Waals surface area contributed by atoms with E-state index in [1.165, 1.54) is 13.0 Å². The number of carbonyl (C=O) groups is 1. The fourth-order valence-corrected chi connectivity index (χ4v) is 1.51. The van der Waals surface area contributed by atoms with Crippen molar-refractivity contribution in [1.29, 1.82) is 0 Å². The molecule has 86 valence electrons. The van der Waals surface area contributed by atoms with E-state index >= 15 is 0 Å². The second-order valence-corrected chi connectivity index (χ2v) is 3.72. The highest BCUT2D eigenvalue weighted by Gasteiger charge is 2.04. The molecule has 2 rings (SSSR count). The van der Waals surface area contributed by atoms with Crippen LogP contribution in [0.1, 0.15) is 12.6 Å². The number of benzene rings is 1. The molecule has 2 N–H and O–H groups in total. The smallest absolute Gasteiger partial charge is 0.331 e. The molecule has 0 aliphatic heterocycles. The maximum Gasteiger partial charge on any atom is 0.331 e. The van der Waals surface area contributed by atoms with Crippen LogP contribution in [-0.2, 0) is 4.79 Å². The van der Waals surface area contributed by atoms with E-state index < -0.39 is 5.97 Å². The number of hydrogen-bond acceptors (Lipinski definition) is 3. The van der Waals surface area contributed by atoms with Gasteiger partial charge in [-0.3, -0.25) is 0 Å². The molecule has 1 aromatic carbocycles. The van der Waals surface area contributed by atoms with E-state index in [4.69, 9.17) is 5.11 Å². The summed E-state index contributed by atoms with van der Waals surface area (Å²) >= 11 is 0. The third-order valence-corrected chi connectivity index (χ3v) is 2.42. The molecule has 0 aliphatic rings. The molecule has 4 heteroatoms. The summed E-state index contributed by atoms with van der Waals surface area (Å²) in [5.74, 6) is -0.894. The predicted octanol–water partition coefficient (Wildman–Crippen LogP) is 2.43. The molecule has 0 spiro atoms. The van der Waals surface area contributed by atoms with Crippen molar-refractivity contribution in [3.05, 3.63) is 41.6 Å². The van der Waals surface area contributed by atoms with Gasteiger partial charge in [0.15, 0.2) is 0 Å². The van der Waals surface area contributed by atoms with Gasteiger partial charge >= 0.3 is 5.97 Å². The van der Waals surface area contributed by atoms with Gasteiger partial charge in [0.1, 0.15) is 11.3 Å². The van der Waals surface area contributed by atoms with E-state index in [1.54, 1.807) is 24.3 Å². The number of phenols is 1. The van der Waals surface area contributed by atoms with Crippen molar-refractivity contribution in [1.82, 2.24) is 4.98 Å². The number of rotatable bonds is 2. The highest BCUT2D eigenvalue weighted by Crippen LogP contribution is 2.22. The van der Waals surface area contributed by atoms with Gasteiger partial charge in [-0.05, 0) is 25.1 Å². The zero-order valence-corrected chi connectivity index (χ0v) is 9.21. The van der Waals surface area contributed by atoms with Crippen molar-refractivity contribution in [3.63, 3.8) is 0 Å². The van der Waals surface area contributed by atoms with E-state index in [1.807, 2.05) is 6.07 Å². The first-order chi connectivity index (χ1) is 8.08. The molecule has 0 unspecified atom stereocenters. The van der Waals surface area contributed by atoms with Crippen molar-refractivity contribution in [3.8, 4) is 5.75 Å². The van der Waals surface area contributed by atoms with E-state index in [-0.39, 0.29) is 11.3 Å². The molecule has 0 bridgehead atoms. The maximum absolute atomic E-state index is 10.7. The number of hydrogen-bond donors (Lipinski definition) is 2. The van der Waals surface area contributed by atoms with E-state index in [0.717, 1.165) is 5.39 Å². The summed E-state index contributed by atoms with van der Waals surface area (Å²) in [4.78, 5) is 14.9. The zero-order chi connectivity index (χ0) is 12.4. The first-order valence-electron chi connectivity index (χ1n) is 5.08. The number of carboxylic acid groups (broad SMARTS) is 1. The van der Waals surface area contributed by atoms with Crippen LogP contribution in [0.3, 0.4) is 0 Å². The van der Waals surface area contributed by atoms with Crippen LogP contribution >= 0.6 is 0 Å². The lowest BCUT2D eigenvalue weighted by molar-refractivity contribution is -0.132. The van der Waals surface area contributed by atoms with Crippen LogP contribution in [-0.4, -0.2) is 21.2 Å². The Morgan fingerprint density at radius 2 is 2.06 bits per heavy atom. The fraction of sp³-hybridized carbons (Fsp3) is 0.0769. The second kappa shape index (κ2) is 4.25. The summed E-state index contributed by atoms with van der Waals surface area (Å²) in [5.41, 5.74) is 1.19. The van der Waals surface area contributed by atoms with Gasteiger partial charge in [-0.15, -0.1) is 0 Å². The number of pyridine rings is 1. The van der Waals surface area contributed by atoms with Gasteiger partial charge in [0.05, 0.1) is 5.69 Å². The number of phenolic OH excluding ortho intramolecular Hbond substituents is 1. The van der Waals surface area contributed by atoms with Gasteiger partial charge in [-0.2, -0.15) is 0 Å². The molecule has 17 heavy (non-hydrogen) atoms. The van der Waals surface area contributed by atoms with Crippen molar-refractivity contribution < 1.29 is 15.0 Å². The first-order valence-corrected chi connectivity index (χ1v) is 5.08. The van der Waals surface area contributed by atoms with E-state index in [2.05, 4.69) is 4.98 Å². The summed E-state index contributed by atoms with van der Waals surface area (Å²) < 4.78 is 0. The molecule has 0 atom stereocenters. The summed E-state index contributed by atoms with van der Waals surface area (Å²) in [6, 6.07) is 8.63. The van der Waals surface area contributed by atoms with Gasteiger partial charge in [-0.1, -0.05) is 18.2 Å². The molecule has 1 aromatic heterocycles. The lowest BCUT2D eigenvalue weighted by atomic mass is 10.1. The summed E-state index contributed by atoms with van der Waals surface area (Å²) in [7, 11) is 0. The summed E-state index contributed by atoms with van der Waals surface area (Å²) in [5, 5.41) is 19.2. The SMILES string of the molecule is C/C(=C\c1ccc2cccc(O)c2n1)C(=O)O. The maximum atomic E-state index is 10.7. The topological polar surface area (TPSA) is 70.4 Å². The fourth-order valence-electron chi connectivity index (χ4n) is 1.51. The molecule has 4 nitrogen and oxygen atoms in total. The Kier molecular flexibility index (Phi) is 2.78. The van der Waals surface area contributed by atoms with Gasteiger partial charge in [0.2, 0.25) is 0 Å². The Labute approximate surface area is 97.9 Å². The van der Waals surface area contributed by atoms with Crippen LogP contribution in [0.15, 0.2) is 35.9 Å². The van der Waals surface area contributed by atoms with Crippen molar-refractivity contribution >= 4 is 22.9 Å². The largest absolute Gasteiger partial charge is 0.506 e. The molecule has 0 amide bonds.